The summed E-state index contributed by atoms with van der Waals surface area (Å²) in [5, 5.41) is 2.74. The molecule has 2 heterocycles. The van der Waals surface area contributed by atoms with E-state index in [4.69, 9.17) is 4.74 Å². The monoisotopic (exact) mass is 366 g/mol. The third-order valence-electron chi connectivity index (χ3n) is 4.85. The highest BCUT2D eigenvalue weighted by Crippen LogP contribution is 2.35. The Bertz CT molecular complexity index is 797. The number of anilines is 1. The number of sulfonamides is 1. The summed E-state index contributed by atoms with van der Waals surface area (Å²) in [4.78, 5) is 23.7. The molecule has 0 saturated carbocycles. The summed E-state index contributed by atoms with van der Waals surface area (Å²) in [6.45, 7) is 4.41. The average Bonchev–Trinajstić information content (AvgIpc) is 2.89. The van der Waals surface area contributed by atoms with Gasteiger partial charge in [0.05, 0.1) is 23.3 Å². The number of nitrogens with zero attached hydrogens (tertiary/aromatic N) is 1. The minimum absolute atomic E-state index is 0.125. The van der Waals surface area contributed by atoms with Crippen molar-refractivity contribution in [3.63, 3.8) is 0 Å². The van der Waals surface area contributed by atoms with Crippen LogP contribution in [0.25, 0.3) is 0 Å². The summed E-state index contributed by atoms with van der Waals surface area (Å²) in [7, 11) is -3.64. The molecule has 0 aromatic heterocycles. The van der Waals surface area contributed by atoms with Crippen molar-refractivity contribution >= 4 is 27.6 Å². The van der Waals surface area contributed by atoms with Gasteiger partial charge in [-0.05, 0) is 50.5 Å². The van der Waals surface area contributed by atoms with Crippen molar-refractivity contribution in [2.75, 3.05) is 25.0 Å². The second kappa shape index (κ2) is 6.76. The van der Waals surface area contributed by atoms with Gasteiger partial charge in [0.1, 0.15) is 0 Å². The smallest absolute Gasteiger partial charge is 0.309 e. The van der Waals surface area contributed by atoms with Crippen LogP contribution in [0.3, 0.4) is 0 Å². The molecule has 1 atom stereocenters. The van der Waals surface area contributed by atoms with E-state index in [2.05, 4.69) is 5.32 Å². The maximum Gasteiger partial charge on any atom is 0.309 e. The highest BCUT2D eigenvalue weighted by molar-refractivity contribution is 7.89. The SMILES string of the molecule is CCOC(=O)C1CCN(S(=O)(=O)c2ccc3c(c2)[C@@H](C)C(=O)N3)CC1. The number of esters is 1. The number of nitrogens with one attached hydrogen (secondary N) is 1. The van der Waals surface area contributed by atoms with Crippen LogP contribution < -0.4 is 5.32 Å². The molecule has 0 radical (unpaired) electrons. The van der Waals surface area contributed by atoms with Crippen molar-refractivity contribution in [2.24, 2.45) is 5.92 Å². The fraction of sp³-hybridized carbons (Fsp3) is 0.529. The molecule has 1 aromatic carbocycles. The summed E-state index contributed by atoms with van der Waals surface area (Å²) in [6, 6.07) is 4.73. The molecule has 1 fully saturated rings. The highest BCUT2D eigenvalue weighted by atomic mass is 32.2. The van der Waals surface area contributed by atoms with Crippen LogP contribution in [-0.4, -0.2) is 44.3 Å². The van der Waals surface area contributed by atoms with E-state index in [9.17, 15) is 18.0 Å². The van der Waals surface area contributed by atoms with Gasteiger partial charge in [0.15, 0.2) is 0 Å². The Morgan fingerprint density at radius 1 is 1.32 bits per heavy atom. The van der Waals surface area contributed by atoms with Gasteiger partial charge in [-0.1, -0.05) is 0 Å². The summed E-state index contributed by atoms with van der Waals surface area (Å²) in [5.41, 5.74) is 1.37. The normalized spacial score (nSPS) is 21.7. The van der Waals surface area contributed by atoms with Crippen LogP contribution in [0, 0.1) is 5.92 Å². The lowest BCUT2D eigenvalue weighted by atomic mass is 9.98. The van der Waals surface area contributed by atoms with E-state index in [1.165, 1.54) is 10.4 Å². The van der Waals surface area contributed by atoms with Crippen LogP contribution in [-0.2, 0) is 24.3 Å². The number of fused-ring (bicyclic) bond motifs is 1. The molecule has 25 heavy (non-hydrogen) atoms. The van der Waals surface area contributed by atoms with Crippen LogP contribution >= 0.6 is 0 Å². The molecule has 1 saturated heterocycles. The predicted octanol–water partition coefficient (Wildman–Crippen LogP) is 1.71. The first-order valence-electron chi connectivity index (χ1n) is 8.46. The second-order valence-electron chi connectivity index (χ2n) is 6.39. The maximum atomic E-state index is 12.9. The summed E-state index contributed by atoms with van der Waals surface area (Å²) in [6.07, 6.45) is 0.916. The molecule has 0 unspecified atom stereocenters. The number of ether oxygens (including phenoxy) is 1. The molecular weight excluding hydrogens is 344 g/mol. The van der Waals surface area contributed by atoms with Gasteiger partial charge in [0, 0.05) is 18.8 Å². The number of rotatable bonds is 4. The van der Waals surface area contributed by atoms with Gasteiger partial charge in [-0.15, -0.1) is 0 Å². The van der Waals surface area contributed by atoms with Gasteiger partial charge in [0.25, 0.3) is 0 Å². The molecule has 0 aliphatic carbocycles. The van der Waals surface area contributed by atoms with Gasteiger partial charge >= 0.3 is 5.97 Å². The Balaban J connectivity index is 1.76. The first-order valence-corrected chi connectivity index (χ1v) is 9.90. The molecule has 136 valence electrons. The molecule has 0 bridgehead atoms. The average molecular weight is 366 g/mol. The van der Waals surface area contributed by atoms with E-state index in [1.807, 2.05) is 0 Å². The quantitative estimate of drug-likeness (QED) is 0.819. The Hall–Kier alpha value is -1.93. The van der Waals surface area contributed by atoms with Crippen LogP contribution in [0.2, 0.25) is 0 Å². The Kier molecular flexibility index (Phi) is 4.83. The highest BCUT2D eigenvalue weighted by Gasteiger charge is 2.34. The summed E-state index contributed by atoms with van der Waals surface area (Å²) >= 11 is 0. The van der Waals surface area contributed by atoms with Crippen molar-refractivity contribution in [1.29, 1.82) is 0 Å². The summed E-state index contributed by atoms with van der Waals surface area (Å²) < 4.78 is 32.2. The first kappa shape index (κ1) is 17.9. The van der Waals surface area contributed by atoms with E-state index >= 15 is 0 Å². The van der Waals surface area contributed by atoms with E-state index in [-0.39, 0.29) is 41.7 Å². The minimum Gasteiger partial charge on any atom is -0.466 e. The zero-order valence-electron chi connectivity index (χ0n) is 14.3. The van der Waals surface area contributed by atoms with Gasteiger partial charge in [-0.2, -0.15) is 4.31 Å². The van der Waals surface area contributed by atoms with E-state index < -0.39 is 10.0 Å². The lowest BCUT2D eigenvalue weighted by molar-refractivity contribution is -0.149. The van der Waals surface area contributed by atoms with Crippen LogP contribution in [0.5, 0.6) is 0 Å². The Morgan fingerprint density at radius 3 is 2.64 bits per heavy atom. The van der Waals surface area contributed by atoms with E-state index in [0.717, 1.165) is 0 Å². The standard InChI is InChI=1S/C17H22N2O5S/c1-3-24-17(21)12-6-8-19(9-7-12)25(22,23)13-4-5-15-14(10-13)11(2)16(20)18-15/h4-5,10-12H,3,6-9H2,1-2H3,(H,18,20)/t11-/m1/s1. The number of hydrogen-bond acceptors (Lipinski definition) is 5. The van der Waals surface area contributed by atoms with E-state index in [0.29, 0.717) is 30.7 Å². The third-order valence-corrected chi connectivity index (χ3v) is 6.75. The first-order chi connectivity index (χ1) is 11.8. The molecule has 0 spiro atoms. The maximum absolute atomic E-state index is 12.9. The number of piperidine rings is 1. The fourth-order valence-electron chi connectivity index (χ4n) is 3.30. The molecule has 2 aliphatic heterocycles. The lowest BCUT2D eigenvalue weighted by Gasteiger charge is -2.30. The Morgan fingerprint density at radius 2 is 2.00 bits per heavy atom. The van der Waals surface area contributed by atoms with Crippen LogP contribution in [0.4, 0.5) is 5.69 Å². The number of amides is 1. The lowest BCUT2D eigenvalue weighted by Crippen LogP contribution is -2.40. The molecule has 1 N–H and O–H groups in total. The van der Waals surface area contributed by atoms with Gasteiger partial charge in [0.2, 0.25) is 15.9 Å². The topological polar surface area (TPSA) is 92.8 Å². The molecule has 8 heteroatoms. The minimum atomic E-state index is -3.64. The van der Waals surface area contributed by atoms with Crippen molar-refractivity contribution in [3.05, 3.63) is 23.8 Å². The van der Waals surface area contributed by atoms with Gasteiger partial charge < -0.3 is 10.1 Å². The summed E-state index contributed by atoms with van der Waals surface area (Å²) in [5.74, 6) is -0.983. The van der Waals surface area contributed by atoms with Crippen LogP contribution in [0.1, 0.15) is 38.2 Å². The molecular formula is C17H22N2O5S. The van der Waals surface area contributed by atoms with E-state index in [1.54, 1.807) is 26.0 Å². The number of hydrogen-bond donors (Lipinski definition) is 1. The van der Waals surface area contributed by atoms with Gasteiger partial charge in [-0.25, -0.2) is 8.42 Å². The third kappa shape index (κ3) is 3.28. The molecule has 1 amide bonds. The molecule has 7 nitrogen and oxygen atoms in total. The van der Waals surface area contributed by atoms with Crippen molar-refractivity contribution in [3.8, 4) is 0 Å². The molecule has 1 aromatic rings. The number of carbonyl (C=O) groups is 2. The largest absolute Gasteiger partial charge is 0.466 e. The fourth-order valence-corrected chi connectivity index (χ4v) is 4.80. The number of benzene rings is 1. The van der Waals surface area contributed by atoms with Crippen LogP contribution in [0.15, 0.2) is 23.1 Å². The Labute approximate surface area is 147 Å². The zero-order valence-corrected chi connectivity index (χ0v) is 15.1. The number of carbonyl (C=O) groups excluding carboxylic acids is 2. The zero-order chi connectivity index (χ0) is 18.2. The molecule has 2 aliphatic rings. The van der Waals surface area contributed by atoms with Crippen molar-refractivity contribution < 1.29 is 22.7 Å². The van der Waals surface area contributed by atoms with Crippen molar-refractivity contribution in [1.82, 2.24) is 4.31 Å². The van der Waals surface area contributed by atoms with Gasteiger partial charge in [-0.3, -0.25) is 9.59 Å². The predicted molar refractivity (Wildman–Crippen MR) is 91.6 cm³/mol. The second-order valence-corrected chi connectivity index (χ2v) is 8.33. The molecule has 3 rings (SSSR count). The van der Waals surface area contributed by atoms with Crippen molar-refractivity contribution in [2.45, 2.75) is 37.5 Å².